The summed E-state index contributed by atoms with van der Waals surface area (Å²) in [6, 6.07) is -5.98. The van der Waals surface area contributed by atoms with Crippen LogP contribution in [0.3, 0.4) is 0 Å². The van der Waals surface area contributed by atoms with E-state index in [1.165, 1.54) is 48.5 Å². The third-order valence-corrected chi connectivity index (χ3v) is 15.0. The van der Waals surface area contributed by atoms with Gasteiger partial charge in [0.05, 0.1) is 12.7 Å². The molecule has 9 amide bonds. The maximum atomic E-state index is 14.2. The van der Waals surface area contributed by atoms with E-state index in [-0.39, 0.29) is 61.9 Å². The van der Waals surface area contributed by atoms with Crippen molar-refractivity contribution < 1.29 is 58.2 Å². The third-order valence-electron chi connectivity index (χ3n) is 15.0. The second kappa shape index (κ2) is 34.2. The van der Waals surface area contributed by atoms with Gasteiger partial charge in [0.25, 0.3) is 0 Å². The van der Waals surface area contributed by atoms with E-state index in [1.807, 2.05) is 20.8 Å². The lowest BCUT2D eigenvalue weighted by Crippen LogP contribution is -2.66. The van der Waals surface area contributed by atoms with Crippen LogP contribution in [0.25, 0.3) is 0 Å². The van der Waals surface area contributed by atoms with Crippen LogP contribution in [0.1, 0.15) is 194 Å². The maximum Gasteiger partial charge on any atom is 0.246 e. The lowest BCUT2D eigenvalue weighted by atomic mass is 9.92. The van der Waals surface area contributed by atoms with E-state index in [4.69, 9.17) is 5.11 Å². The number of aliphatic hydroxyl groups is 2. The first-order valence-electron chi connectivity index (χ1n) is 29.0. The number of carbonyl (C=O) groups excluding carboxylic acids is 10. The lowest BCUT2D eigenvalue weighted by Gasteiger charge is -2.35. The van der Waals surface area contributed by atoms with Crippen molar-refractivity contribution in [2.75, 3.05) is 26.2 Å². The first-order chi connectivity index (χ1) is 36.7. The first kappa shape index (κ1) is 71.8. The largest absolute Gasteiger partial charge is 0.395 e. The second-order valence-corrected chi connectivity index (χ2v) is 23.9. The Hall–Kier alpha value is -5.22. The summed E-state index contributed by atoms with van der Waals surface area (Å²) in [6.45, 7) is 27.6. The zero-order valence-electron chi connectivity index (χ0n) is 50.8. The predicted molar refractivity (Wildman–Crippen MR) is 304 cm³/mol. The van der Waals surface area contributed by atoms with Gasteiger partial charge in [0.15, 0.2) is 0 Å². The summed E-state index contributed by atoms with van der Waals surface area (Å²) in [5, 5.41) is 44.7. The molecule has 0 radical (unpaired) electrons. The van der Waals surface area contributed by atoms with Crippen molar-refractivity contribution in [2.24, 2.45) is 23.7 Å². The normalized spacial score (nSPS) is 17.7. The topological polar surface area (TPSA) is 323 Å². The molecule has 0 bridgehead atoms. The van der Waals surface area contributed by atoms with Crippen LogP contribution < -0.4 is 47.9 Å². The molecule has 0 aromatic heterocycles. The van der Waals surface area contributed by atoms with E-state index < -0.39 is 112 Å². The first-order valence-corrected chi connectivity index (χ1v) is 29.0. The van der Waals surface area contributed by atoms with Gasteiger partial charge in [-0.25, -0.2) is 0 Å². The molecule has 79 heavy (non-hydrogen) atoms. The zero-order valence-corrected chi connectivity index (χ0v) is 50.8. The summed E-state index contributed by atoms with van der Waals surface area (Å²) in [5.74, 6) is -7.12. The molecule has 1 aliphatic rings. The Morgan fingerprint density at radius 2 is 1.18 bits per heavy atom. The predicted octanol–water partition coefficient (Wildman–Crippen LogP) is 2.55. The second-order valence-electron chi connectivity index (χ2n) is 23.9. The Bertz CT molecular complexity index is 2030. The average molecular weight is 1120 g/mol. The SMILES string of the molecule is CCCCCCC(C)C(=O)N1CCCC1C(=O)NC(CC(C)CC(O)CC(=O)CC)C(=O)NC(C)C(=O)NC(C)(C)C(=O)NC(C(=O)NC(C(=O)NC(C)(C)C(=O)NC(C)(C)C(=O)NC(C)CNCCO)C(C)CC)C(C)CC. The Labute approximate surface area is 471 Å². The number of hydrogen-bond donors (Lipinski definition) is 11. The summed E-state index contributed by atoms with van der Waals surface area (Å²) >= 11 is 0. The lowest BCUT2D eigenvalue weighted by molar-refractivity contribution is -0.142. The van der Waals surface area contributed by atoms with Crippen molar-refractivity contribution in [3.05, 3.63) is 0 Å². The van der Waals surface area contributed by atoms with E-state index in [0.717, 1.165) is 25.7 Å². The average Bonchev–Trinajstić information content (AvgIpc) is 3.87. The van der Waals surface area contributed by atoms with Crippen LogP contribution >= 0.6 is 0 Å². The standard InChI is InChI=1S/C57H104N10O12/c1-17-21-22-23-25-37(8)51(76)67-28-24-26-43(67)48(73)61-42(31-34(5)30-41(70)32-40(69)20-4)47(72)60-39(10)46(71)64-55(11,12)53(78)63-44(35(6)18-2)49(74)62-45(36(7)19-3)50(75)65-57(15,16)54(79)66-56(13,14)52(77)59-38(9)33-58-27-29-68/h34-39,41-45,58,68,70H,17-33H2,1-16H3,(H,59,77)(H,60,72)(H,61,73)(H,62,74)(H,63,78)(H,64,71)(H,65,75)(H,66,79). The summed E-state index contributed by atoms with van der Waals surface area (Å²) in [4.78, 5) is 138. The molecule has 0 aromatic carbocycles. The number of aliphatic hydroxyl groups excluding tert-OH is 2. The molecule has 0 saturated carbocycles. The Kier molecular flexibility index (Phi) is 31.0. The van der Waals surface area contributed by atoms with Crippen LogP contribution in [0.4, 0.5) is 0 Å². The molecule has 11 atom stereocenters. The summed E-state index contributed by atoms with van der Waals surface area (Å²) < 4.78 is 0. The van der Waals surface area contributed by atoms with Gasteiger partial charge >= 0.3 is 0 Å². The van der Waals surface area contributed by atoms with Crippen molar-refractivity contribution in [3.8, 4) is 0 Å². The number of rotatable bonds is 37. The molecule has 1 fully saturated rings. The number of nitrogens with zero attached hydrogens (tertiary/aromatic N) is 1. The van der Waals surface area contributed by atoms with Gasteiger partial charge in [-0.15, -0.1) is 0 Å². The van der Waals surface area contributed by atoms with Crippen molar-refractivity contribution in [1.29, 1.82) is 0 Å². The number of unbranched alkanes of at least 4 members (excludes halogenated alkanes) is 3. The Morgan fingerprint density at radius 3 is 1.75 bits per heavy atom. The number of carbonyl (C=O) groups is 10. The van der Waals surface area contributed by atoms with Gasteiger partial charge in [0, 0.05) is 44.4 Å². The highest BCUT2D eigenvalue weighted by Gasteiger charge is 2.42. The van der Waals surface area contributed by atoms with E-state index in [0.29, 0.717) is 51.7 Å². The molecule has 22 nitrogen and oxygen atoms in total. The van der Waals surface area contributed by atoms with Crippen molar-refractivity contribution in [2.45, 2.75) is 253 Å². The van der Waals surface area contributed by atoms with Crippen LogP contribution in [0.5, 0.6) is 0 Å². The van der Waals surface area contributed by atoms with Gasteiger partial charge in [0.1, 0.15) is 52.6 Å². The van der Waals surface area contributed by atoms with Crippen LogP contribution in [0, 0.1) is 23.7 Å². The highest BCUT2D eigenvalue weighted by molar-refractivity contribution is 6.00. The van der Waals surface area contributed by atoms with E-state index >= 15 is 0 Å². The van der Waals surface area contributed by atoms with Gasteiger partial charge in [-0.3, -0.25) is 47.9 Å². The molecule has 11 unspecified atom stereocenters. The quantitative estimate of drug-likeness (QED) is 0.0399. The maximum absolute atomic E-state index is 14.2. The zero-order chi connectivity index (χ0) is 60.6. The van der Waals surface area contributed by atoms with Gasteiger partial charge in [-0.05, 0) is 105 Å². The fourth-order valence-corrected chi connectivity index (χ4v) is 9.15. The molecule has 1 heterocycles. The molecule has 1 saturated heterocycles. The summed E-state index contributed by atoms with van der Waals surface area (Å²) in [7, 11) is 0. The third kappa shape index (κ3) is 24.2. The van der Waals surface area contributed by atoms with Crippen LogP contribution in [-0.4, -0.2) is 159 Å². The molecule has 0 aromatic rings. The summed E-state index contributed by atoms with van der Waals surface area (Å²) in [5.41, 5.74) is -4.64. The number of nitrogens with one attached hydrogen (secondary N) is 9. The number of hydrogen-bond acceptors (Lipinski definition) is 13. The van der Waals surface area contributed by atoms with Crippen LogP contribution in [0.15, 0.2) is 0 Å². The molecular formula is C57H104N10O12. The fraction of sp³-hybridized carbons (Fsp3) is 0.825. The van der Waals surface area contributed by atoms with Crippen molar-refractivity contribution in [3.63, 3.8) is 0 Å². The number of ketones is 1. The monoisotopic (exact) mass is 1120 g/mol. The molecule has 454 valence electrons. The molecule has 0 spiro atoms. The molecule has 1 rings (SSSR count). The molecule has 0 aliphatic carbocycles. The van der Waals surface area contributed by atoms with Gasteiger partial charge in [-0.1, -0.05) is 93.9 Å². The fourth-order valence-electron chi connectivity index (χ4n) is 9.15. The van der Waals surface area contributed by atoms with E-state index in [9.17, 15) is 53.1 Å². The van der Waals surface area contributed by atoms with Crippen molar-refractivity contribution in [1.82, 2.24) is 52.8 Å². The molecule has 1 aliphatic heterocycles. The van der Waals surface area contributed by atoms with Gasteiger partial charge in [0.2, 0.25) is 53.2 Å². The molecule has 22 heteroatoms. The van der Waals surface area contributed by atoms with E-state index in [2.05, 4.69) is 54.8 Å². The summed E-state index contributed by atoms with van der Waals surface area (Å²) in [6.07, 6.45) is 6.01. The Balaban J connectivity index is 3.27. The number of likely N-dealkylation sites (tertiary alicyclic amines) is 1. The minimum atomic E-state index is -1.67. The molecular weight excluding hydrogens is 1020 g/mol. The minimum absolute atomic E-state index is 0.0296. The van der Waals surface area contributed by atoms with Crippen LogP contribution in [-0.2, 0) is 47.9 Å². The Morgan fingerprint density at radius 1 is 0.620 bits per heavy atom. The van der Waals surface area contributed by atoms with Gasteiger partial charge < -0.3 is 63.0 Å². The highest BCUT2D eigenvalue weighted by atomic mass is 16.3. The minimum Gasteiger partial charge on any atom is -0.395 e. The van der Waals surface area contributed by atoms with Gasteiger partial charge in [-0.2, -0.15) is 0 Å². The smallest absolute Gasteiger partial charge is 0.246 e. The number of amides is 9. The highest BCUT2D eigenvalue weighted by Crippen LogP contribution is 2.24. The van der Waals surface area contributed by atoms with E-state index in [1.54, 1.807) is 39.5 Å². The number of Topliss-reactive ketones (excluding diaryl/α,β-unsaturated/α-hetero) is 1. The van der Waals surface area contributed by atoms with Crippen LogP contribution in [0.2, 0.25) is 0 Å². The van der Waals surface area contributed by atoms with Crippen molar-refractivity contribution >= 4 is 58.9 Å². The molecule has 11 N–H and O–H groups in total.